The Hall–Kier alpha value is -0.900. The van der Waals surface area contributed by atoms with Gasteiger partial charge in [0.25, 0.3) is 0 Å². The van der Waals surface area contributed by atoms with Crippen molar-refractivity contribution >= 4 is 0 Å². The summed E-state index contributed by atoms with van der Waals surface area (Å²) in [6, 6.07) is 4.31. The highest BCUT2D eigenvalue weighted by molar-refractivity contribution is 5.39. The number of rotatable bonds is 4. The number of methoxy groups -OCH3 is 1. The normalized spacial score (nSPS) is 25.0. The molecule has 0 aromatic heterocycles. The van der Waals surface area contributed by atoms with Crippen molar-refractivity contribution in [1.82, 2.24) is 4.90 Å². The summed E-state index contributed by atoms with van der Waals surface area (Å²) < 4.78 is 5.56. The lowest BCUT2D eigenvalue weighted by molar-refractivity contribution is -0.0181. The van der Waals surface area contributed by atoms with Crippen molar-refractivity contribution in [3.05, 3.63) is 34.4 Å². The van der Waals surface area contributed by atoms with Gasteiger partial charge in [0.2, 0.25) is 0 Å². The van der Waals surface area contributed by atoms with E-state index < -0.39 is 6.10 Å². The number of piperidine rings is 1. The van der Waals surface area contributed by atoms with Crippen LogP contribution in [0.4, 0.5) is 0 Å². The Balaban J connectivity index is 2.06. The molecule has 1 aliphatic heterocycles. The molecule has 1 aromatic rings. The zero-order valence-corrected chi connectivity index (χ0v) is 14.0. The number of ether oxygens (including phenoxy) is 1. The summed E-state index contributed by atoms with van der Waals surface area (Å²) in [5, 5.41) is 10.7. The molecular weight excluding hydrogens is 262 g/mol. The molecule has 3 nitrogen and oxygen atoms in total. The number of β-amino-alcohol motifs (C(OH)–C–C–N with tert-alkyl or cyclic N) is 1. The molecular formula is C18H29NO2. The van der Waals surface area contributed by atoms with E-state index in [9.17, 15) is 5.11 Å². The van der Waals surface area contributed by atoms with E-state index in [0.717, 1.165) is 25.1 Å². The summed E-state index contributed by atoms with van der Waals surface area (Å²) in [5.41, 5.74) is 4.72. The van der Waals surface area contributed by atoms with Gasteiger partial charge in [0.1, 0.15) is 0 Å². The predicted octanol–water partition coefficient (Wildman–Crippen LogP) is 3.00. The molecule has 0 spiro atoms. The van der Waals surface area contributed by atoms with Crippen LogP contribution in [-0.4, -0.2) is 42.9 Å². The number of likely N-dealkylation sites (tertiary alicyclic amines) is 1. The lowest BCUT2D eigenvalue weighted by Crippen LogP contribution is -2.45. The van der Waals surface area contributed by atoms with Gasteiger partial charge in [0.05, 0.1) is 12.2 Å². The van der Waals surface area contributed by atoms with Crippen LogP contribution in [0, 0.1) is 26.7 Å². The first-order valence-electron chi connectivity index (χ1n) is 7.93. The average Bonchev–Trinajstić information content (AvgIpc) is 2.39. The highest BCUT2D eigenvalue weighted by Crippen LogP contribution is 2.26. The number of nitrogens with zero attached hydrogens (tertiary/aromatic N) is 1. The summed E-state index contributed by atoms with van der Waals surface area (Å²) in [6.45, 7) is 11.2. The molecule has 1 aliphatic rings. The van der Waals surface area contributed by atoms with Gasteiger partial charge in [-0.15, -0.1) is 0 Å². The maximum absolute atomic E-state index is 10.7. The van der Waals surface area contributed by atoms with E-state index in [1.54, 1.807) is 7.11 Å². The minimum absolute atomic E-state index is 0.283. The van der Waals surface area contributed by atoms with Gasteiger partial charge in [0, 0.05) is 20.2 Å². The average molecular weight is 291 g/mol. The fraction of sp³-hybridized carbons (Fsp3) is 0.667. The standard InChI is InChI=1S/C18H29NO2/c1-12-8-14(3)18(15(4)9-12)16(20)10-19-7-6-13(2)17(11-19)21-5/h8-9,13,16-17,20H,6-7,10-11H2,1-5H3. The third-order valence-electron chi connectivity index (χ3n) is 4.78. The summed E-state index contributed by atoms with van der Waals surface area (Å²) in [7, 11) is 1.79. The second kappa shape index (κ2) is 6.91. The van der Waals surface area contributed by atoms with Gasteiger partial charge in [-0.2, -0.15) is 0 Å². The van der Waals surface area contributed by atoms with E-state index >= 15 is 0 Å². The van der Waals surface area contributed by atoms with Crippen molar-refractivity contribution in [2.45, 2.75) is 46.3 Å². The smallest absolute Gasteiger partial charge is 0.0922 e. The fourth-order valence-corrected chi connectivity index (χ4v) is 3.62. The third-order valence-corrected chi connectivity index (χ3v) is 4.78. The van der Waals surface area contributed by atoms with Gasteiger partial charge in [-0.1, -0.05) is 24.6 Å². The van der Waals surface area contributed by atoms with Crippen molar-refractivity contribution in [1.29, 1.82) is 0 Å². The molecule has 0 aliphatic carbocycles. The number of aliphatic hydroxyl groups is 1. The Labute approximate surface area is 128 Å². The van der Waals surface area contributed by atoms with Crippen LogP contribution >= 0.6 is 0 Å². The summed E-state index contributed by atoms with van der Waals surface area (Å²) >= 11 is 0. The van der Waals surface area contributed by atoms with Crippen LogP contribution in [0.1, 0.15) is 41.7 Å². The highest BCUT2D eigenvalue weighted by atomic mass is 16.5. The van der Waals surface area contributed by atoms with Crippen molar-refractivity contribution in [2.24, 2.45) is 5.92 Å². The van der Waals surface area contributed by atoms with Crippen LogP contribution in [0.3, 0.4) is 0 Å². The molecule has 3 atom stereocenters. The van der Waals surface area contributed by atoms with Crippen LogP contribution in [0.15, 0.2) is 12.1 Å². The summed E-state index contributed by atoms with van der Waals surface area (Å²) in [4.78, 5) is 2.33. The Morgan fingerprint density at radius 2 is 1.90 bits per heavy atom. The maximum Gasteiger partial charge on any atom is 0.0922 e. The molecule has 1 saturated heterocycles. The van der Waals surface area contributed by atoms with E-state index in [1.807, 2.05) is 0 Å². The highest BCUT2D eigenvalue weighted by Gasteiger charge is 2.27. The molecule has 0 saturated carbocycles. The molecule has 21 heavy (non-hydrogen) atoms. The molecule has 0 radical (unpaired) electrons. The predicted molar refractivity (Wildman–Crippen MR) is 86.6 cm³/mol. The lowest BCUT2D eigenvalue weighted by atomic mass is 9.93. The van der Waals surface area contributed by atoms with Gasteiger partial charge in [-0.3, -0.25) is 4.90 Å². The molecule has 0 bridgehead atoms. The van der Waals surface area contributed by atoms with Gasteiger partial charge < -0.3 is 9.84 Å². The van der Waals surface area contributed by atoms with E-state index in [2.05, 4.69) is 44.7 Å². The Bertz CT molecular complexity index is 463. The van der Waals surface area contributed by atoms with Crippen molar-refractivity contribution in [3.8, 4) is 0 Å². The van der Waals surface area contributed by atoms with Crippen molar-refractivity contribution < 1.29 is 9.84 Å². The van der Waals surface area contributed by atoms with Crippen LogP contribution < -0.4 is 0 Å². The summed E-state index contributed by atoms with van der Waals surface area (Å²) in [5.74, 6) is 0.603. The molecule has 1 heterocycles. The molecule has 0 amide bonds. The number of hydrogen-bond donors (Lipinski definition) is 1. The number of aliphatic hydroxyl groups excluding tert-OH is 1. The fourth-order valence-electron chi connectivity index (χ4n) is 3.62. The molecule has 1 fully saturated rings. The lowest BCUT2D eigenvalue weighted by Gasteiger charge is -2.37. The number of benzene rings is 1. The number of hydrogen-bond acceptors (Lipinski definition) is 3. The van der Waals surface area contributed by atoms with Crippen molar-refractivity contribution in [2.75, 3.05) is 26.7 Å². The van der Waals surface area contributed by atoms with E-state index in [0.29, 0.717) is 12.5 Å². The van der Waals surface area contributed by atoms with Crippen LogP contribution in [0.5, 0.6) is 0 Å². The monoisotopic (exact) mass is 291 g/mol. The summed E-state index contributed by atoms with van der Waals surface area (Å²) in [6.07, 6.45) is 1.000. The zero-order chi connectivity index (χ0) is 15.6. The molecule has 118 valence electrons. The third kappa shape index (κ3) is 3.85. The largest absolute Gasteiger partial charge is 0.387 e. The minimum atomic E-state index is -0.420. The van der Waals surface area contributed by atoms with E-state index in [1.165, 1.54) is 16.7 Å². The van der Waals surface area contributed by atoms with Gasteiger partial charge >= 0.3 is 0 Å². The first kappa shape index (κ1) is 16.5. The second-order valence-corrected chi connectivity index (χ2v) is 6.63. The maximum atomic E-state index is 10.7. The van der Waals surface area contributed by atoms with Gasteiger partial charge in [0.15, 0.2) is 0 Å². The Kier molecular flexibility index (Phi) is 5.42. The second-order valence-electron chi connectivity index (χ2n) is 6.63. The minimum Gasteiger partial charge on any atom is -0.387 e. The quantitative estimate of drug-likeness (QED) is 0.925. The SMILES string of the molecule is COC1CN(CC(O)c2c(C)cc(C)cc2C)CCC1C. The Morgan fingerprint density at radius 1 is 1.29 bits per heavy atom. The van der Waals surface area contributed by atoms with E-state index in [-0.39, 0.29) is 6.10 Å². The topological polar surface area (TPSA) is 32.7 Å². The van der Waals surface area contributed by atoms with Crippen LogP contribution in [0.2, 0.25) is 0 Å². The molecule has 1 N–H and O–H groups in total. The molecule has 3 heteroatoms. The Morgan fingerprint density at radius 3 is 2.48 bits per heavy atom. The number of aryl methyl sites for hydroxylation is 3. The first-order valence-corrected chi connectivity index (χ1v) is 7.93. The molecule has 1 aromatic carbocycles. The van der Waals surface area contributed by atoms with Gasteiger partial charge in [-0.05, 0) is 56.3 Å². The first-order chi connectivity index (χ1) is 9.92. The van der Waals surface area contributed by atoms with Crippen LogP contribution in [-0.2, 0) is 4.74 Å². The molecule has 3 unspecified atom stereocenters. The van der Waals surface area contributed by atoms with Crippen LogP contribution in [0.25, 0.3) is 0 Å². The van der Waals surface area contributed by atoms with Crippen molar-refractivity contribution in [3.63, 3.8) is 0 Å². The zero-order valence-electron chi connectivity index (χ0n) is 14.0. The van der Waals surface area contributed by atoms with E-state index in [4.69, 9.17) is 4.74 Å². The van der Waals surface area contributed by atoms with Gasteiger partial charge in [-0.25, -0.2) is 0 Å². The molecule has 2 rings (SSSR count).